The van der Waals surface area contributed by atoms with E-state index in [2.05, 4.69) is 48.2 Å². The molecule has 0 unspecified atom stereocenters. The zero-order chi connectivity index (χ0) is 22.3. The second-order valence-corrected chi connectivity index (χ2v) is 9.02. The maximum absolute atomic E-state index is 12.9. The molecule has 0 aliphatic carbocycles. The van der Waals surface area contributed by atoms with Gasteiger partial charge >= 0.3 is 0 Å². The molecule has 31 heavy (non-hydrogen) atoms. The van der Waals surface area contributed by atoms with Gasteiger partial charge in [0.05, 0.1) is 22.5 Å². The fourth-order valence-electron chi connectivity index (χ4n) is 4.40. The third-order valence-corrected chi connectivity index (χ3v) is 6.53. The predicted molar refractivity (Wildman–Crippen MR) is 128 cm³/mol. The molecule has 3 heterocycles. The molecule has 1 aromatic heterocycles. The minimum absolute atomic E-state index is 0.0796. The van der Waals surface area contributed by atoms with Crippen molar-refractivity contribution in [3.63, 3.8) is 0 Å². The molecule has 2 aromatic rings. The summed E-state index contributed by atoms with van der Waals surface area (Å²) < 4.78 is 3.04. The summed E-state index contributed by atoms with van der Waals surface area (Å²) in [4.78, 5) is 28.0. The van der Waals surface area contributed by atoms with Gasteiger partial charge in [-0.25, -0.2) is 0 Å². The lowest BCUT2D eigenvalue weighted by Gasteiger charge is -2.36. The normalized spacial score (nSPS) is 17.8. The maximum atomic E-state index is 12.9. The van der Waals surface area contributed by atoms with Crippen LogP contribution in [0.3, 0.4) is 0 Å². The number of hydrogen-bond acceptors (Lipinski definition) is 4. The molecule has 4 rings (SSSR count). The summed E-state index contributed by atoms with van der Waals surface area (Å²) in [6.07, 6.45) is 1.93. The summed E-state index contributed by atoms with van der Waals surface area (Å²) >= 11 is 3.51. The molecule has 8 heteroatoms. The molecule has 7 nitrogen and oxygen atoms in total. The minimum atomic E-state index is -0.129. The number of fused-ring (bicyclic) bond motifs is 1. The Hall–Kier alpha value is -2.58. The molecular weight excluding hydrogens is 458 g/mol. The summed E-state index contributed by atoms with van der Waals surface area (Å²) in [5.41, 5.74) is 5.60. The zero-order valence-electron chi connectivity index (χ0n) is 18.4. The number of halogens is 1. The van der Waals surface area contributed by atoms with Crippen LogP contribution in [0.1, 0.15) is 39.8 Å². The molecule has 1 aromatic carbocycles. The number of rotatable bonds is 4. The lowest BCUT2D eigenvalue weighted by molar-refractivity contribution is -0.110. The van der Waals surface area contributed by atoms with Crippen molar-refractivity contribution in [3.05, 3.63) is 50.8 Å². The van der Waals surface area contributed by atoms with Crippen LogP contribution in [0.5, 0.6) is 0 Å². The van der Waals surface area contributed by atoms with Gasteiger partial charge < -0.3 is 20.5 Å². The molecule has 2 amide bonds. The second-order valence-electron chi connectivity index (χ2n) is 8.10. The first-order valence-electron chi connectivity index (χ1n) is 10.6. The molecule has 0 bridgehead atoms. The van der Waals surface area contributed by atoms with E-state index in [-0.39, 0.29) is 11.8 Å². The van der Waals surface area contributed by atoms with Crippen LogP contribution < -0.4 is 15.6 Å². The van der Waals surface area contributed by atoms with Crippen molar-refractivity contribution in [2.45, 2.75) is 20.8 Å². The highest BCUT2D eigenvalue weighted by molar-refractivity contribution is 9.10. The van der Waals surface area contributed by atoms with Gasteiger partial charge in [0.1, 0.15) is 0 Å². The van der Waals surface area contributed by atoms with Crippen molar-refractivity contribution < 1.29 is 9.59 Å². The van der Waals surface area contributed by atoms with Gasteiger partial charge in [-0.1, -0.05) is 15.9 Å². The number of piperazine rings is 1. The lowest BCUT2D eigenvalue weighted by atomic mass is 10.0. The highest BCUT2D eigenvalue weighted by Crippen LogP contribution is 2.36. The minimum Gasteiger partial charge on any atom is -0.352 e. The van der Waals surface area contributed by atoms with Crippen molar-refractivity contribution >= 4 is 45.1 Å². The van der Waals surface area contributed by atoms with Crippen LogP contribution >= 0.6 is 15.9 Å². The molecule has 1 fully saturated rings. The standard InChI is InChI=1S/C23H28BrN5O2/c1-5-25-23(31)21-14(2)20(29(15(21)3)28-10-8-27(4)9-11-28)13-18-17-12-16(24)6-7-19(17)26-22(18)30/h6-7,12-13H,5,8-11H2,1-4H3,(H,25,31)(H,26,30). The fourth-order valence-corrected chi connectivity index (χ4v) is 4.76. The van der Waals surface area contributed by atoms with Gasteiger partial charge in [-0.3, -0.25) is 14.3 Å². The molecule has 0 saturated carbocycles. The largest absolute Gasteiger partial charge is 0.352 e. The molecule has 2 aliphatic rings. The van der Waals surface area contributed by atoms with E-state index in [0.29, 0.717) is 17.7 Å². The Morgan fingerprint density at radius 3 is 2.61 bits per heavy atom. The first kappa shape index (κ1) is 21.6. The average Bonchev–Trinajstić information content (AvgIpc) is 3.16. The summed E-state index contributed by atoms with van der Waals surface area (Å²) in [5, 5.41) is 8.15. The average molecular weight is 486 g/mol. The quantitative estimate of drug-likeness (QED) is 0.653. The highest BCUT2D eigenvalue weighted by Gasteiger charge is 2.29. The van der Waals surface area contributed by atoms with Crippen LogP contribution in [0.25, 0.3) is 11.6 Å². The number of anilines is 1. The van der Waals surface area contributed by atoms with Crippen molar-refractivity contribution in [3.8, 4) is 0 Å². The van der Waals surface area contributed by atoms with E-state index in [4.69, 9.17) is 0 Å². The molecular formula is C23H28BrN5O2. The molecule has 2 aliphatic heterocycles. The van der Waals surface area contributed by atoms with Crippen molar-refractivity contribution in [1.82, 2.24) is 14.9 Å². The number of carbonyl (C=O) groups is 2. The van der Waals surface area contributed by atoms with Gasteiger partial charge in [0.2, 0.25) is 0 Å². The summed E-state index contributed by atoms with van der Waals surface area (Å²) in [6, 6.07) is 5.77. The number of aromatic nitrogens is 1. The third kappa shape index (κ3) is 3.90. The van der Waals surface area contributed by atoms with Crippen molar-refractivity contribution in [1.29, 1.82) is 0 Å². The molecule has 0 radical (unpaired) electrons. The monoisotopic (exact) mass is 485 g/mol. The number of nitrogens with zero attached hydrogens (tertiary/aromatic N) is 3. The second kappa shape index (κ2) is 8.51. The number of amides is 2. The number of hydrogen-bond donors (Lipinski definition) is 2. The Morgan fingerprint density at radius 2 is 1.94 bits per heavy atom. The van der Waals surface area contributed by atoms with E-state index in [0.717, 1.165) is 58.9 Å². The molecule has 0 atom stereocenters. The molecule has 1 saturated heterocycles. The van der Waals surface area contributed by atoms with E-state index >= 15 is 0 Å². The summed E-state index contributed by atoms with van der Waals surface area (Å²) in [6.45, 7) is 10.0. The SMILES string of the molecule is CCNC(=O)c1c(C)c(C=C2C(=O)Nc3ccc(Br)cc32)n(N2CCN(C)CC2)c1C. The van der Waals surface area contributed by atoms with Crippen LogP contribution in [0.4, 0.5) is 5.69 Å². The van der Waals surface area contributed by atoms with E-state index in [9.17, 15) is 9.59 Å². The smallest absolute Gasteiger partial charge is 0.256 e. The molecule has 2 N–H and O–H groups in total. The Bertz CT molecular complexity index is 1080. The molecule has 0 spiro atoms. The third-order valence-electron chi connectivity index (χ3n) is 6.04. The van der Waals surface area contributed by atoms with E-state index < -0.39 is 0 Å². The van der Waals surface area contributed by atoms with Gasteiger partial charge in [-0.2, -0.15) is 0 Å². The molecule has 164 valence electrons. The number of likely N-dealkylation sites (N-methyl/N-ethyl adjacent to an activating group) is 1. The van der Waals surface area contributed by atoms with E-state index in [1.54, 1.807) is 0 Å². The fraction of sp³-hybridized carbons (Fsp3) is 0.391. The van der Waals surface area contributed by atoms with Crippen LogP contribution in [0.2, 0.25) is 0 Å². The van der Waals surface area contributed by atoms with Gasteiger partial charge in [0, 0.05) is 48.4 Å². The van der Waals surface area contributed by atoms with Crippen LogP contribution in [-0.4, -0.2) is 61.2 Å². The van der Waals surface area contributed by atoms with Gasteiger partial charge in [0.15, 0.2) is 0 Å². The summed E-state index contributed by atoms with van der Waals surface area (Å²) in [5.74, 6) is -0.208. The van der Waals surface area contributed by atoms with Crippen LogP contribution in [-0.2, 0) is 4.79 Å². The Kier molecular flexibility index (Phi) is 5.94. The van der Waals surface area contributed by atoms with E-state index in [1.165, 1.54) is 0 Å². The maximum Gasteiger partial charge on any atom is 0.256 e. The van der Waals surface area contributed by atoms with E-state index in [1.807, 2.05) is 45.0 Å². The van der Waals surface area contributed by atoms with Crippen LogP contribution in [0.15, 0.2) is 22.7 Å². The Balaban J connectivity index is 1.88. The van der Waals surface area contributed by atoms with Gasteiger partial charge in [0.25, 0.3) is 11.8 Å². The number of benzene rings is 1. The zero-order valence-corrected chi connectivity index (χ0v) is 20.0. The Morgan fingerprint density at radius 1 is 1.23 bits per heavy atom. The predicted octanol–water partition coefficient (Wildman–Crippen LogP) is 2.99. The number of carbonyl (C=O) groups excluding carboxylic acids is 2. The number of nitrogens with one attached hydrogen (secondary N) is 2. The first-order chi connectivity index (χ1) is 14.8. The Labute approximate surface area is 191 Å². The van der Waals surface area contributed by atoms with Crippen molar-refractivity contribution in [2.75, 3.05) is 50.1 Å². The highest BCUT2D eigenvalue weighted by atomic mass is 79.9. The van der Waals surface area contributed by atoms with Crippen molar-refractivity contribution in [2.24, 2.45) is 0 Å². The van der Waals surface area contributed by atoms with Gasteiger partial charge in [-0.15, -0.1) is 0 Å². The van der Waals surface area contributed by atoms with Gasteiger partial charge in [-0.05, 0) is 57.7 Å². The first-order valence-corrected chi connectivity index (χ1v) is 11.4. The summed E-state index contributed by atoms with van der Waals surface area (Å²) in [7, 11) is 2.12. The topological polar surface area (TPSA) is 69.6 Å². The lowest BCUT2D eigenvalue weighted by Crippen LogP contribution is -2.50. The van der Waals surface area contributed by atoms with Crippen LogP contribution in [0, 0.1) is 13.8 Å².